The first-order valence-corrected chi connectivity index (χ1v) is 9.65. The summed E-state index contributed by atoms with van der Waals surface area (Å²) < 4.78 is 5.32. The maximum Gasteiger partial charge on any atom is 0.221 e. The molecule has 0 saturated heterocycles. The molecule has 28 heavy (non-hydrogen) atoms. The van der Waals surface area contributed by atoms with Gasteiger partial charge < -0.3 is 20.3 Å². The fraction of sp³-hybridized carbons (Fsp3) is 0.364. The molecule has 1 aliphatic heterocycles. The van der Waals surface area contributed by atoms with Crippen molar-refractivity contribution in [2.45, 2.75) is 33.4 Å². The third kappa shape index (κ3) is 4.82. The predicted molar refractivity (Wildman–Crippen MR) is 113 cm³/mol. The van der Waals surface area contributed by atoms with Crippen LogP contribution in [0.1, 0.15) is 30.5 Å². The minimum Gasteiger partial charge on any atom is -0.495 e. The molecule has 2 aromatic rings. The number of carbonyl (C=O) groups is 1. The highest BCUT2D eigenvalue weighted by Gasteiger charge is 2.18. The lowest BCUT2D eigenvalue weighted by molar-refractivity contribution is -0.114. The zero-order chi connectivity index (χ0) is 19.9. The van der Waals surface area contributed by atoms with Crippen LogP contribution in [-0.4, -0.2) is 37.0 Å². The molecule has 0 spiro atoms. The molecular weight excluding hydrogens is 352 g/mol. The number of aliphatic imine (C=N–C) groups is 1. The molecule has 0 atom stereocenters. The van der Waals surface area contributed by atoms with E-state index in [0.29, 0.717) is 18.0 Å². The summed E-state index contributed by atoms with van der Waals surface area (Å²) in [6.45, 7) is 6.72. The molecule has 0 radical (unpaired) electrons. The van der Waals surface area contributed by atoms with E-state index in [4.69, 9.17) is 9.73 Å². The van der Waals surface area contributed by atoms with Crippen LogP contribution in [0.15, 0.2) is 47.5 Å². The van der Waals surface area contributed by atoms with Gasteiger partial charge in [-0.2, -0.15) is 0 Å². The molecule has 6 heteroatoms. The third-order valence-corrected chi connectivity index (χ3v) is 4.75. The topological polar surface area (TPSA) is 66.0 Å². The number of carbonyl (C=O) groups excluding carboxylic acids is 1. The molecule has 0 saturated carbocycles. The Labute approximate surface area is 166 Å². The van der Waals surface area contributed by atoms with E-state index in [1.807, 2.05) is 18.2 Å². The number of rotatable bonds is 5. The van der Waals surface area contributed by atoms with Crippen molar-refractivity contribution in [2.75, 3.05) is 25.5 Å². The van der Waals surface area contributed by atoms with Gasteiger partial charge >= 0.3 is 0 Å². The lowest BCUT2D eigenvalue weighted by atomic mass is 10.0. The fourth-order valence-corrected chi connectivity index (χ4v) is 3.41. The van der Waals surface area contributed by atoms with Gasteiger partial charge in [-0.3, -0.25) is 4.79 Å². The fourth-order valence-electron chi connectivity index (χ4n) is 3.41. The molecular formula is C22H28N4O2. The number of ether oxygens (including phenoxy) is 1. The van der Waals surface area contributed by atoms with Crippen molar-refractivity contribution >= 4 is 17.6 Å². The summed E-state index contributed by atoms with van der Waals surface area (Å²) in [5.74, 6) is 1.43. The van der Waals surface area contributed by atoms with Crippen LogP contribution in [0.4, 0.5) is 5.69 Å². The van der Waals surface area contributed by atoms with Crippen molar-refractivity contribution in [3.05, 3.63) is 59.2 Å². The molecule has 1 aliphatic rings. The first-order valence-electron chi connectivity index (χ1n) is 9.65. The van der Waals surface area contributed by atoms with E-state index in [9.17, 15) is 4.79 Å². The Morgan fingerprint density at radius 1 is 1.21 bits per heavy atom. The number of nitrogens with zero attached hydrogens (tertiary/aromatic N) is 2. The van der Waals surface area contributed by atoms with Crippen LogP contribution >= 0.6 is 0 Å². The van der Waals surface area contributed by atoms with Crippen LogP contribution in [0.2, 0.25) is 0 Å². The van der Waals surface area contributed by atoms with Crippen molar-refractivity contribution in [3.63, 3.8) is 0 Å². The van der Waals surface area contributed by atoms with Crippen LogP contribution in [0.5, 0.6) is 5.75 Å². The molecule has 0 bridgehead atoms. The van der Waals surface area contributed by atoms with E-state index in [1.165, 1.54) is 18.1 Å². The number of hydrogen-bond acceptors (Lipinski definition) is 3. The monoisotopic (exact) mass is 380 g/mol. The molecule has 0 aliphatic carbocycles. The summed E-state index contributed by atoms with van der Waals surface area (Å²) in [5.41, 5.74) is 4.46. The van der Waals surface area contributed by atoms with Crippen LogP contribution < -0.4 is 15.4 Å². The smallest absolute Gasteiger partial charge is 0.221 e. The number of methoxy groups -OCH3 is 1. The molecule has 2 aromatic carbocycles. The van der Waals surface area contributed by atoms with E-state index in [2.05, 4.69) is 46.7 Å². The van der Waals surface area contributed by atoms with Crippen molar-refractivity contribution in [2.24, 2.45) is 4.99 Å². The van der Waals surface area contributed by atoms with Gasteiger partial charge in [-0.05, 0) is 42.2 Å². The minimum atomic E-state index is -0.126. The van der Waals surface area contributed by atoms with Gasteiger partial charge in [-0.1, -0.05) is 30.3 Å². The SMILES string of the molecule is CCNC(=NCc1ccc(OC)c(NC(C)=O)c1)N1CCc2ccccc2C1. The summed E-state index contributed by atoms with van der Waals surface area (Å²) in [6, 6.07) is 14.3. The van der Waals surface area contributed by atoms with Gasteiger partial charge in [0.15, 0.2) is 5.96 Å². The average Bonchev–Trinajstić information content (AvgIpc) is 2.70. The summed E-state index contributed by atoms with van der Waals surface area (Å²) in [6.07, 6.45) is 1.02. The van der Waals surface area contributed by atoms with Crippen molar-refractivity contribution < 1.29 is 9.53 Å². The number of hydrogen-bond donors (Lipinski definition) is 2. The van der Waals surface area contributed by atoms with Crippen LogP contribution in [0, 0.1) is 0 Å². The van der Waals surface area contributed by atoms with Crippen LogP contribution in [0.25, 0.3) is 0 Å². The molecule has 1 amide bonds. The van der Waals surface area contributed by atoms with Crippen molar-refractivity contribution in [1.82, 2.24) is 10.2 Å². The second-order valence-corrected chi connectivity index (χ2v) is 6.83. The maximum atomic E-state index is 11.4. The van der Waals surface area contributed by atoms with Gasteiger partial charge in [-0.25, -0.2) is 4.99 Å². The number of anilines is 1. The minimum absolute atomic E-state index is 0.126. The van der Waals surface area contributed by atoms with Crippen molar-refractivity contribution in [3.8, 4) is 5.75 Å². The first-order chi connectivity index (χ1) is 13.6. The van der Waals surface area contributed by atoms with Crippen LogP contribution in [0.3, 0.4) is 0 Å². The largest absolute Gasteiger partial charge is 0.495 e. The first kappa shape index (κ1) is 19.7. The third-order valence-electron chi connectivity index (χ3n) is 4.75. The number of amides is 1. The predicted octanol–water partition coefficient (Wildman–Crippen LogP) is 3.18. The zero-order valence-corrected chi connectivity index (χ0v) is 16.8. The van der Waals surface area contributed by atoms with E-state index in [-0.39, 0.29) is 5.91 Å². The normalized spacial score (nSPS) is 13.7. The average molecular weight is 380 g/mol. The van der Waals surface area contributed by atoms with Gasteiger partial charge in [0, 0.05) is 26.6 Å². The second kappa shape index (κ2) is 9.26. The Hall–Kier alpha value is -3.02. The van der Waals surface area contributed by atoms with Gasteiger partial charge in [0.05, 0.1) is 19.3 Å². The molecule has 0 aromatic heterocycles. The standard InChI is InChI=1S/C22H28N4O2/c1-4-23-22(26-12-11-18-7-5-6-8-19(18)15-26)24-14-17-9-10-21(28-3)20(13-17)25-16(2)27/h5-10,13H,4,11-12,14-15H2,1-3H3,(H,23,24)(H,25,27). The number of benzene rings is 2. The lowest BCUT2D eigenvalue weighted by Crippen LogP contribution is -2.44. The van der Waals surface area contributed by atoms with E-state index < -0.39 is 0 Å². The van der Waals surface area contributed by atoms with E-state index >= 15 is 0 Å². The van der Waals surface area contributed by atoms with Crippen molar-refractivity contribution in [1.29, 1.82) is 0 Å². The Kier molecular flexibility index (Phi) is 6.53. The number of fused-ring (bicyclic) bond motifs is 1. The highest BCUT2D eigenvalue weighted by molar-refractivity contribution is 5.90. The summed E-state index contributed by atoms with van der Waals surface area (Å²) in [7, 11) is 1.59. The van der Waals surface area contributed by atoms with Gasteiger partial charge in [0.25, 0.3) is 0 Å². The van der Waals surface area contributed by atoms with Gasteiger partial charge in [0.2, 0.25) is 5.91 Å². The molecule has 3 rings (SSSR count). The summed E-state index contributed by atoms with van der Waals surface area (Å²) >= 11 is 0. The second-order valence-electron chi connectivity index (χ2n) is 6.83. The molecule has 148 valence electrons. The molecule has 6 nitrogen and oxygen atoms in total. The van der Waals surface area contributed by atoms with E-state index in [1.54, 1.807) is 7.11 Å². The zero-order valence-electron chi connectivity index (χ0n) is 16.8. The molecule has 1 heterocycles. The molecule has 0 unspecified atom stereocenters. The number of nitrogens with one attached hydrogen (secondary N) is 2. The Morgan fingerprint density at radius 3 is 2.71 bits per heavy atom. The maximum absolute atomic E-state index is 11.4. The highest BCUT2D eigenvalue weighted by atomic mass is 16.5. The Balaban J connectivity index is 1.77. The highest BCUT2D eigenvalue weighted by Crippen LogP contribution is 2.26. The lowest BCUT2D eigenvalue weighted by Gasteiger charge is -2.31. The van der Waals surface area contributed by atoms with E-state index in [0.717, 1.165) is 37.6 Å². The van der Waals surface area contributed by atoms with Gasteiger partial charge in [0.1, 0.15) is 5.75 Å². The summed E-state index contributed by atoms with van der Waals surface area (Å²) in [4.78, 5) is 18.6. The number of guanidine groups is 1. The Bertz CT molecular complexity index is 863. The molecule has 0 fully saturated rings. The molecule has 2 N–H and O–H groups in total. The summed E-state index contributed by atoms with van der Waals surface area (Å²) in [5, 5.41) is 6.22. The quantitative estimate of drug-likeness (QED) is 0.618. The van der Waals surface area contributed by atoms with Crippen LogP contribution in [-0.2, 0) is 24.3 Å². The Morgan fingerprint density at radius 2 is 2.00 bits per heavy atom. The van der Waals surface area contributed by atoms with Gasteiger partial charge in [-0.15, -0.1) is 0 Å².